The van der Waals surface area contributed by atoms with Gasteiger partial charge in [0.25, 0.3) is 5.91 Å². The zero-order valence-electron chi connectivity index (χ0n) is 25.8. The van der Waals surface area contributed by atoms with Gasteiger partial charge in [-0.2, -0.15) is 0 Å². The highest BCUT2D eigenvalue weighted by molar-refractivity contribution is 8.14. The lowest BCUT2D eigenvalue weighted by Crippen LogP contribution is -2.40. The van der Waals surface area contributed by atoms with Gasteiger partial charge in [0.15, 0.2) is 6.23 Å². The molecule has 238 valence electrons. The number of allylic oxidation sites excluding steroid dienone is 1. The van der Waals surface area contributed by atoms with Gasteiger partial charge in [0.05, 0.1) is 5.70 Å². The van der Waals surface area contributed by atoms with Crippen LogP contribution in [0, 0.1) is 6.92 Å². The van der Waals surface area contributed by atoms with E-state index in [2.05, 4.69) is 27.2 Å². The van der Waals surface area contributed by atoms with Gasteiger partial charge in [-0.05, 0) is 86.7 Å². The van der Waals surface area contributed by atoms with Crippen molar-refractivity contribution < 1.29 is 34.1 Å². The van der Waals surface area contributed by atoms with Gasteiger partial charge in [-0.15, -0.1) is 0 Å². The minimum absolute atomic E-state index is 0.0168. The number of hydrogen-bond donors (Lipinski definition) is 6. The maximum atomic E-state index is 12.3. The molecule has 0 spiro atoms. The Bertz CT molecular complexity index is 1690. The number of carbonyl (C=O) groups excluding carboxylic acids is 2. The Kier molecular flexibility index (Phi) is 9.26. The number of carboxylic acids is 2. The molecule has 0 aliphatic carbocycles. The summed E-state index contributed by atoms with van der Waals surface area (Å²) in [6, 6.07) is 1.93. The molecular weight excluding hydrogens is 596 g/mol. The number of amides is 1. The van der Waals surface area contributed by atoms with Gasteiger partial charge in [0.1, 0.15) is 0 Å². The van der Waals surface area contributed by atoms with Crippen molar-refractivity contribution in [2.75, 3.05) is 0 Å². The fraction of sp³-hybridized carbons (Fsp3) is 0.394. The number of H-pyrrole nitrogens is 2. The Hall–Kier alpha value is -4.29. The lowest BCUT2D eigenvalue weighted by atomic mass is 9.99. The summed E-state index contributed by atoms with van der Waals surface area (Å²) in [5, 5.41) is 24.9. The highest BCUT2D eigenvalue weighted by atomic mass is 32.2. The van der Waals surface area contributed by atoms with Crippen molar-refractivity contribution >= 4 is 41.0 Å². The minimum Gasteiger partial charge on any atom is -0.481 e. The highest BCUT2D eigenvalue weighted by Crippen LogP contribution is 2.38. The molecular formula is C33H38N4O7S. The van der Waals surface area contributed by atoms with Crippen molar-refractivity contribution in [3.05, 3.63) is 86.2 Å². The summed E-state index contributed by atoms with van der Waals surface area (Å²) in [4.78, 5) is 54.3. The number of aryl methyl sites for hydroxylation is 1. The van der Waals surface area contributed by atoms with E-state index in [1.807, 2.05) is 32.9 Å². The second-order valence-corrected chi connectivity index (χ2v) is 13.0. The number of rotatable bonds is 12. The first-order chi connectivity index (χ1) is 21.4. The van der Waals surface area contributed by atoms with Crippen molar-refractivity contribution in [1.29, 1.82) is 0 Å². The summed E-state index contributed by atoms with van der Waals surface area (Å²) in [5.74, 6) is -2.00. The molecule has 45 heavy (non-hydrogen) atoms. The van der Waals surface area contributed by atoms with Crippen molar-refractivity contribution in [3.8, 4) is 0 Å². The number of ether oxygens (including phenoxy) is 1. The molecule has 2 aromatic heterocycles. The molecule has 0 saturated carbocycles. The first-order valence-electron chi connectivity index (χ1n) is 14.9. The molecule has 5 heterocycles. The van der Waals surface area contributed by atoms with Gasteiger partial charge < -0.3 is 30.2 Å². The molecule has 1 fully saturated rings. The van der Waals surface area contributed by atoms with Crippen LogP contribution < -0.4 is 10.6 Å². The fourth-order valence-electron chi connectivity index (χ4n) is 6.43. The summed E-state index contributed by atoms with van der Waals surface area (Å²) in [5.41, 5.74) is 10.0. The van der Waals surface area contributed by atoms with Crippen molar-refractivity contribution in [2.45, 2.75) is 83.7 Å². The monoisotopic (exact) mass is 634 g/mol. The highest BCUT2D eigenvalue weighted by Gasteiger charge is 2.40. The standard InChI is InChI=1S/C33H38N4O7S/c1-6-21-16(3)31(42)36-26(21)13-24-15(2)22(8-10-29(40)41)27(35-24)14-25-19(7-9-28(38)39)11-20(34-25)12-23-17(4)30-18(5)45-33(43)44-32(30)37-23/h6,11,13,18,23,32,34-35,37H,1,7-10,12,14H2,2-5H3,(H,36,42)(H,38,39)(H,40,41)/b26-13-. The van der Waals surface area contributed by atoms with Crippen LogP contribution >= 0.6 is 11.8 Å². The number of aromatic nitrogens is 2. The first kappa shape index (κ1) is 32.1. The summed E-state index contributed by atoms with van der Waals surface area (Å²) >= 11 is 1.17. The molecule has 12 heteroatoms. The van der Waals surface area contributed by atoms with Crippen LogP contribution in [0.5, 0.6) is 0 Å². The van der Waals surface area contributed by atoms with Crippen molar-refractivity contribution in [2.24, 2.45) is 0 Å². The summed E-state index contributed by atoms with van der Waals surface area (Å²) in [6.45, 7) is 11.5. The second-order valence-electron chi connectivity index (χ2n) is 11.7. The number of thioether (sulfide) groups is 1. The molecule has 6 N–H and O–H groups in total. The van der Waals surface area contributed by atoms with E-state index in [4.69, 9.17) is 4.74 Å². The van der Waals surface area contributed by atoms with Gasteiger partial charge in [-0.3, -0.25) is 19.7 Å². The Labute approximate surface area is 265 Å². The molecule has 0 bridgehead atoms. The van der Waals surface area contributed by atoms with E-state index in [9.17, 15) is 29.4 Å². The molecule has 2 aromatic rings. The topological polar surface area (TPSA) is 174 Å². The fourth-order valence-corrected chi connectivity index (χ4v) is 7.31. The van der Waals surface area contributed by atoms with Gasteiger partial charge in [-0.1, -0.05) is 18.2 Å². The van der Waals surface area contributed by atoms with Gasteiger partial charge in [0, 0.05) is 70.9 Å². The predicted octanol–water partition coefficient (Wildman–Crippen LogP) is 4.68. The number of hydrogen-bond acceptors (Lipinski definition) is 7. The number of carbonyl (C=O) groups is 4. The van der Waals surface area contributed by atoms with Crippen LogP contribution in [0.25, 0.3) is 6.08 Å². The first-order valence-corrected chi connectivity index (χ1v) is 15.8. The Balaban J connectivity index is 1.47. The molecule has 11 nitrogen and oxygen atoms in total. The molecule has 1 amide bonds. The zero-order chi connectivity index (χ0) is 32.6. The minimum atomic E-state index is -0.908. The van der Waals surface area contributed by atoms with Crippen LogP contribution in [0.1, 0.15) is 73.1 Å². The largest absolute Gasteiger partial charge is 0.481 e. The van der Waals surface area contributed by atoms with E-state index < -0.39 is 18.2 Å². The Morgan fingerprint density at radius 2 is 1.78 bits per heavy atom. The van der Waals surface area contributed by atoms with E-state index in [-0.39, 0.29) is 35.3 Å². The van der Waals surface area contributed by atoms with Crippen LogP contribution in [0.4, 0.5) is 4.79 Å². The van der Waals surface area contributed by atoms with Gasteiger partial charge in [0.2, 0.25) is 0 Å². The number of nitrogens with one attached hydrogen (secondary N) is 4. The maximum absolute atomic E-state index is 12.3. The van der Waals surface area contributed by atoms with Crippen molar-refractivity contribution in [1.82, 2.24) is 20.6 Å². The van der Waals surface area contributed by atoms with Crippen LogP contribution in [-0.4, -0.2) is 60.8 Å². The third-order valence-corrected chi connectivity index (χ3v) is 9.74. The average molecular weight is 635 g/mol. The van der Waals surface area contributed by atoms with Crippen LogP contribution in [-0.2, 0) is 44.8 Å². The molecule has 3 aliphatic heterocycles. The number of aliphatic carboxylic acids is 2. The molecule has 3 unspecified atom stereocenters. The number of fused-ring (bicyclic) bond motifs is 1. The Morgan fingerprint density at radius 1 is 1.07 bits per heavy atom. The number of carboxylic acid groups (broad SMARTS) is 2. The molecule has 0 aromatic carbocycles. The zero-order valence-corrected chi connectivity index (χ0v) is 26.6. The van der Waals surface area contributed by atoms with Gasteiger partial charge in [-0.25, -0.2) is 4.79 Å². The normalized spacial score (nSPS) is 22.2. The molecule has 1 saturated heterocycles. The molecule has 3 atom stereocenters. The smallest absolute Gasteiger partial charge is 0.369 e. The second kappa shape index (κ2) is 13.0. The molecule has 5 rings (SSSR count). The summed E-state index contributed by atoms with van der Waals surface area (Å²) in [7, 11) is 0. The maximum Gasteiger partial charge on any atom is 0.369 e. The predicted molar refractivity (Wildman–Crippen MR) is 171 cm³/mol. The van der Waals surface area contributed by atoms with Gasteiger partial charge >= 0.3 is 17.2 Å². The molecule has 0 radical (unpaired) electrons. The number of aromatic amines is 2. The SMILES string of the molecule is C=CC1=C(C)C(=O)N/C1=C\c1[nH]c(Cc2[nH]c(CC3NC4OC(=O)SC(C)C4=C3C)cc2CCC(=O)O)c(CCC(=O)O)c1C. The van der Waals surface area contributed by atoms with E-state index in [1.165, 1.54) is 11.8 Å². The van der Waals surface area contributed by atoms with E-state index in [0.717, 1.165) is 50.6 Å². The van der Waals surface area contributed by atoms with Crippen LogP contribution in [0.3, 0.4) is 0 Å². The van der Waals surface area contributed by atoms with E-state index in [1.54, 1.807) is 13.0 Å². The summed E-state index contributed by atoms with van der Waals surface area (Å²) < 4.78 is 5.53. The average Bonchev–Trinajstić information content (AvgIpc) is 3.65. The van der Waals surface area contributed by atoms with Crippen LogP contribution in [0.15, 0.2) is 46.7 Å². The van der Waals surface area contributed by atoms with Crippen molar-refractivity contribution in [3.63, 3.8) is 0 Å². The van der Waals surface area contributed by atoms with E-state index >= 15 is 0 Å². The third kappa shape index (κ3) is 6.71. The summed E-state index contributed by atoms with van der Waals surface area (Å²) in [6.07, 6.45) is 4.55. The van der Waals surface area contributed by atoms with E-state index in [0.29, 0.717) is 42.5 Å². The Morgan fingerprint density at radius 3 is 2.47 bits per heavy atom. The van der Waals surface area contributed by atoms with Crippen LogP contribution in [0.2, 0.25) is 0 Å². The third-order valence-electron chi connectivity index (χ3n) is 8.84. The lowest BCUT2D eigenvalue weighted by Gasteiger charge is -2.26. The quantitative estimate of drug-likeness (QED) is 0.143. The molecule has 3 aliphatic rings. The lowest BCUT2D eigenvalue weighted by molar-refractivity contribution is -0.138.